The van der Waals surface area contributed by atoms with E-state index in [9.17, 15) is 4.79 Å². The number of nitrogens with one attached hydrogen (secondary N) is 1. The molecular formula is C16H26N2O. The Hall–Kier alpha value is -1.35. The lowest BCUT2D eigenvalue weighted by Gasteiger charge is -2.23. The topological polar surface area (TPSA) is 55.1 Å². The highest BCUT2D eigenvalue weighted by Crippen LogP contribution is 2.26. The van der Waals surface area contributed by atoms with Crippen molar-refractivity contribution in [2.24, 2.45) is 11.1 Å². The summed E-state index contributed by atoms with van der Waals surface area (Å²) in [4.78, 5) is 12.0. The smallest absolute Gasteiger partial charge is 0.224 e. The van der Waals surface area contributed by atoms with Crippen molar-refractivity contribution < 1.29 is 4.79 Å². The molecule has 0 bridgehead atoms. The van der Waals surface area contributed by atoms with Crippen molar-refractivity contribution in [3.63, 3.8) is 0 Å². The second kappa shape index (κ2) is 6.71. The second-order valence-electron chi connectivity index (χ2n) is 6.07. The van der Waals surface area contributed by atoms with Crippen LogP contribution >= 0.6 is 0 Å². The van der Waals surface area contributed by atoms with Crippen LogP contribution < -0.4 is 11.1 Å². The number of benzene rings is 1. The summed E-state index contributed by atoms with van der Waals surface area (Å²) in [6.45, 7) is 9.05. The maximum absolute atomic E-state index is 12.0. The van der Waals surface area contributed by atoms with E-state index in [0.29, 0.717) is 13.0 Å². The highest BCUT2D eigenvalue weighted by atomic mass is 16.1. The van der Waals surface area contributed by atoms with Gasteiger partial charge in [0.1, 0.15) is 0 Å². The average Bonchev–Trinajstić information content (AvgIpc) is 2.30. The van der Waals surface area contributed by atoms with Gasteiger partial charge in [0.25, 0.3) is 0 Å². The zero-order valence-corrected chi connectivity index (χ0v) is 12.5. The Morgan fingerprint density at radius 3 is 2.53 bits per heavy atom. The molecule has 0 aliphatic heterocycles. The first kappa shape index (κ1) is 15.7. The van der Waals surface area contributed by atoms with Crippen LogP contribution in [0.1, 0.15) is 44.2 Å². The molecule has 0 radical (unpaired) electrons. The Morgan fingerprint density at radius 1 is 1.26 bits per heavy atom. The first-order valence-corrected chi connectivity index (χ1v) is 6.91. The van der Waals surface area contributed by atoms with Gasteiger partial charge in [-0.3, -0.25) is 4.79 Å². The molecule has 106 valence electrons. The second-order valence-corrected chi connectivity index (χ2v) is 6.07. The van der Waals surface area contributed by atoms with Crippen molar-refractivity contribution in [2.45, 2.75) is 47.0 Å². The molecule has 0 aliphatic rings. The van der Waals surface area contributed by atoms with E-state index < -0.39 is 0 Å². The third-order valence-corrected chi connectivity index (χ3v) is 3.51. The number of hydrogen-bond acceptors (Lipinski definition) is 2. The lowest BCUT2D eigenvalue weighted by Crippen LogP contribution is -2.20. The van der Waals surface area contributed by atoms with Crippen molar-refractivity contribution in [3.05, 3.63) is 29.3 Å². The van der Waals surface area contributed by atoms with Crippen LogP contribution in [0.5, 0.6) is 0 Å². The SMILES string of the molecule is Cc1ccc(NC(=O)CCC(C)(C)CCN)c(C)c1. The summed E-state index contributed by atoms with van der Waals surface area (Å²) in [7, 11) is 0. The molecule has 3 nitrogen and oxygen atoms in total. The summed E-state index contributed by atoms with van der Waals surface area (Å²) in [6.07, 6.45) is 2.35. The maximum Gasteiger partial charge on any atom is 0.224 e. The number of rotatable bonds is 6. The molecule has 0 heterocycles. The number of carbonyl (C=O) groups excluding carboxylic acids is 1. The van der Waals surface area contributed by atoms with Crippen molar-refractivity contribution in [1.82, 2.24) is 0 Å². The monoisotopic (exact) mass is 262 g/mol. The molecule has 1 rings (SSSR count). The molecule has 0 aliphatic carbocycles. The molecule has 0 fully saturated rings. The van der Waals surface area contributed by atoms with Gasteiger partial charge in [-0.2, -0.15) is 0 Å². The summed E-state index contributed by atoms with van der Waals surface area (Å²) in [5, 5.41) is 2.98. The predicted molar refractivity (Wildman–Crippen MR) is 81.2 cm³/mol. The Morgan fingerprint density at radius 2 is 1.95 bits per heavy atom. The molecule has 1 aromatic carbocycles. The van der Waals surface area contributed by atoms with Crippen LogP contribution in [0.2, 0.25) is 0 Å². The molecule has 1 aromatic rings. The van der Waals surface area contributed by atoms with Crippen LogP contribution in [0.4, 0.5) is 5.69 Å². The highest BCUT2D eigenvalue weighted by Gasteiger charge is 2.18. The quantitative estimate of drug-likeness (QED) is 0.825. The summed E-state index contributed by atoms with van der Waals surface area (Å²) in [5.74, 6) is 0.0806. The third kappa shape index (κ3) is 5.43. The van der Waals surface area contributed by atoms with Crippen LogP contribution in [-0.2, 0) is 4.79 Å². The summed E-state index contributed by atoms with van der Waals surface area (Å²) in [6, 6.07) is 6.06. The minimum absolute atomic E-state index is 0.0806. The molecule has 0 saturated heterocycles. The number of amides is 1. The van der Waals surface area contributed by atoms with E-state index in [-0.39, 0.29) is 11.3 Å². The van der Waals surface area contributed by atoms with E-state index in [4.69, 9.17) is 5.73 Å². The van der Waals surface area contributed by atoms with Gasteiger partial charge in [-0.05, 0) is 50.3 Å². The van der Waals surface area contributed by atoms with Crippen LogP contribution in [0.25, 0.3) is 0 Å². The Balaban J connectivity index is 2.52. The fraction of sp³-hybridized carbons (Fsp3) is 0.562. The van der Waals surface area contributed by atoms with Gasteiger partial charge in [-0.25, -0.2) is 0 Å². The number of nitrogens with two attached hydrogens (primary N) is 1. The fourth-order valence-electron chi connectivity index (χ4n) is 2.13. The van der Waals surface area contributed by atoms with Crippen molar-refractivity contribution in [3.8, 4) is 0 Å². The van der Waals surface area contributed by atoms with Gasteiger partial charge in [0.15, 0.2) is 0 Å². The predicted octanol–water partition coefficient (Wildman–Crippen LogP) is 3.40. The Kier molecular flexibility index (Phi) is 5.55. The first-order valence-electron chi connectivity index (χ1n) is 6.91. The third-order valence-electron chi connectivity index (χ3n) is 3.51. The maximum atomic E-state index is 12.0. The molecule has 0 spiro atoms. The van der Waals surface area contributed by atoms with Crippen molar-refractivity contribution >= 4 is 11.6 Å². The van der Waals surface area contributed by atoms with Crippen LogP contribution in [-0.4, -0.2) is 12.5 Å². The van der Waals surface area contributed by atoms with E-state index in [0.717, 1.165) is 24.1 Å². The standard InChI is InChI=1S/C16H26N2O/c1-12-5-6-14(13(2)11-12)18-15(19)7-8-16(3,4)9-10-17/h5-6,11H,7-10,17H2,1-4H3,(H,18,19). The molecule has 19 heavy (non-hydrogen) atoms. The molecular weight excluding hydrogens is 236 g/mol. The largest absolute Gasteiger partial charge is 0.330 e. The van der Waals surface area contributed by atoms with Crippen molar-refractivity contribution in [2.75, 3.05) is 11.9 Å². The summed E-state index contributed by atoms with van der Waals surface area (Å²) >= 11 is 0. The number of anilines is 1. The van der Waals surface area contributed by atoms with Gasteiger partial charge in [0.05, 0.1) is 0 Å². The molecule has 3 N–H and O–H groups in total. The van der Waals surface area contributed by atoms with E-state index in [1.54, 1.807) is 0 Å². The Labute approximate surface area is 116 Å². The number of hydrogen-bond donors (Lipinski definition) is 2. The lowest BCUT2D eigenvalue weighted by atomic mass is 9.84. The molecule has 3 heteroatoms. The van der Waals surface area contributed by atoms with Gasteiger partial charge in [-0.15, -0.1) is 0 Å². The normalized spacial score (nSPS) is 11.4. The van der Waals surface area contributed by atoms with Gasteiger partial charge < -0.3 is 11.1 Å². The minimum Gasteiger partial charge on any atom is -0.330 e. The molecule has 0 unspecified atom stereocenters. The molecule has 0 aromatic heterocycles. The Bertz CT molecular complexity index is 438. The summed E-state index contributed by atoms with van der Waals surface area (Å²) in [5.41, 5.74) is 8.93. The van der Waals surface area contributed by atoms with E-state index in [1.807, 2.05) is 26.0 Å². The van der Waals surface area contributed by atoms with Gasteiger partial charge in [-0.1, -0.05) is 31.5 Å². The zero-order valence-electron chi connectivity index (χ0n) is 12.5. The highest BCUT2D eigenvalue weighted by molar-refractivity contribution is 5.91. The van der Waals surface area contributed by atoms with Crippen molar-refractivity contribution in [1.29, 1.82) is 0 Å². The minimum atomic E-state index is 0.0806. The summed E-state index contributed by atoms with van der Waals surface area (Å²) < 4.78 is 0. The van der Waals surface area contributed by atoms with Crippen LogP contribution in [0.15, 0.2) is 18.2 Å². The van der Waals surface area contributed by atoms with Crippen LogP contribution in [0.3, 0.4) is 0 Å². The van der Waals surface area contributed by atoms with Gasteiger partial charge in [0, 0.05) is 12.1 Å². The fourth-order valence-corrected chi connectivity index (χ4v) is 2.13. The van der Waals surface area contributed by atoms with E-state index in [2.05, 4.69) is 25.2 Å². The molecule has 0 saturated carbocycles. The number of aryl methyl sites for hydroxylation is 2. The molecule has 0 atom stereocenters. The van der Waals surface area contributed by atoms with Gasteiger partial charge >= 0.3 is 0 Å². The molecule has 1 amide bonds. The van der Waals surface area contributed by atoms with Gasteiger partial charge in [0.2, 0.25) is 5.91 Å². The average molecular weight is 262 g/mol. The van der Waals surface area contributed by atoms with E-state index in [1.165, 1.54) is 5.56 Å². The van der Waals surface area contributed by atoms with E-state index >= 15 is 0 Å². The number of carbonyl (C=O) groups is 1. The first-order chi connectivity index (χ1) is 8.84. The van der Waals surface area contributed by atoms with Crippen LogP contribution in [0, 0.1) is 19.3 Å². The lowest BCUT2D eigenvalue weighted by molar-refractivity contribution is -0.116. The zero-order chi connectivity index (χ0) is 14.5.